The van der Waals surface area contributed by atoms with Crippen molar-refractivity contribution in [2.45, 2.75) is 25.8 Å². The molecule has 1 atom stereocenters. The Balaban J connectivity index is -0.000001000. The van der Waals surface area contributed by atoms with Crippen molar-refractivity contribution in [3.63, 3.8) is 0 Å². The molecule has 1 aromatic heterocycles. The molecule has 0 fully saturated rings. The Hall–Kier alpha value is 0.190. The summed E-state index contributed by atoms with van der Waals surface area (Å²) in [6.45, 7) is 2.88. The van der Waals surface area contributed by atoms with E-state index in [1.165, 1.54) is 0 Å². The molecule has 1 unspecified atom stereocenters. The summed E-state index contributed by atoms with van der Waals surface area (Å²) in [4.78, 5) is 4.45. The van der Waals surface area contributed by atoms with Crippen LogP contribution in [0.15, 0.2) is 30.5 Å². The van der Waals surface area contributed by atoms with Crippen molar-refractivity contribution in [3.8, 4) is 5.75 Å². The number of hydrogen-bond donors (Lipinski definition) is 2. The molecule has 0 spiro atoms. The van der Waals surface area contributed by atoms with Crippen LogP contribution in [0.1, 0.15) is 22.6 Å². The van der Waals surface area contributed by atoms with E-state index >= 15 is 0 Å². The molecule has 21 heavy (non-hydrogen) atoms. The molecule has 0 bridgehead atoms. The second kappa shape index (κ2) is 10.8. The summed E-state index contributed by atoms with van der Waals surface area (Å²) in [7, 11) is 1.68. The number of nitrogens with zero attached hydrogens (tertiary/aromatic N) is 1. The van der Waals surface area contributed by atoms with Crippen molar-refractivity contribution < 1.29 is 66.7 Å². The van der Waals surface area contributed by atoms with Crippen molar-refractivity contribution in [1.82, 2.24) is 4.98 Å². The molecule has 3 N–H and O–H groups in total. The van der Waals surface area contributed by atoms with Crippen molar-refractivity contribution in [3.05, 3.63) is 30.5 Å². The zero-order valence-electron chi connectivity index (χ0n) is 15.5. The van der Waals surface area contributed by atoms with Gasteiger partial charge in [-0.3, -0.25) is 4.98 Å². The van der Waals surface area contributed by atoms with Gasteiger partial charge >= 0.3 is 59.1 Å². The van der Waals surface area contributed by atoms with Gasteiger partial charge in [-0.2, -0.15) is 0 Å². The van der Waals surface area contributed by atoms with Crippen molar-refractivity contribution in [1.29, 1.82) is 0 Å². The van der Waals surface area contributed by atoms with Crippen LogP contribution in [-0.2, 0) is 0 Å². The van der Waals surface area contributed by atoms with Gasteiger partial charge in [0.2, 0.25) is 0 Å². The van der Waals surface area contributed by atoms with Crippen LogP contribution in [0.25, 0.3) is 10.9 Å². The molecule has 2 rings (SSSR count). The van der Waals surface area contributed by atoms with Gasteiger partial charge in [-0.25, -0.2) is 0 Å². The SMILES string of the molecule is COc1cc(NC(C)CCCN)c2ncccc2c1.[H-].[H-].[Na+].[Na+]. The van der Waals surface area contributed by atoms with Crippen LogP contribution >= 0.6 is 0 Å². The number of rotatable bonds is 6. The maximum Gasteiger partial charge on any atom is 1.00 e. The average molecular weight is 307 g/mol. The Morgan fingerprint density at radius 2 is 2.14 bits per heavy atom. The number of methoxy groups -OCH3 is 1. The number of hydrogen-bond acceptors (Lipinski definition) is 4. The third-order valence-corrected chi connectivity index (χ3v) is 3.16. The van der Waals surface area contributed by atoms with Gasteiger partial charge in [0.1, 0.15) is 5.75 Å². The van der Waals surface area contributed by atoms with Crippen LogP contribution < -0.4 is 74.9 Å². The first-order valence-electron chi connectivity index (χ1n) is 6.64. The van der Waals surface area contributed by atoms with E-state index in [0.29, 0.717) is 6.04 Å². The minimum absolute atomic E-state index is 0. The molecular formula is C15H23N3Na2O. The third kappa shape index (κ3) is 6.06. The fraction of sp³-hybridized carbons (Fsp3) is 0.400. The van der Waals surface area contributed by atoms with Crippen LogP contribution in [-0.4, -0.2) is 24.7 Å². The minimum atomic E-state index is 0. The molecule has 106 valence electrons. The number of nitrogens with one attached hydrogen (secondary N) is 1. The average Bonchev–Trinajstić information content (AvgIpc) is 2.44. The summed E-state index contributed by atoms with van der Waals surface area (Å²) in [5.74, 6) is 0.842. The van der Waals surface area contributed by atoms with Crippen molar-refractivity contribution in [2.75, 3.05) is 19.0 Å². The number of fused-ring (bicyclic) bond motifs is 1. The number of pyridine rings is 1. The van der Waals surface area contributed by atoms with E-state index in [1.807, 2.05) is 30.5 Å². The molecule has 0 aliphatic carbocycles. The zero-order chi connectivity index (χ0) is 13.7. The second-order valence-electron chi connectivity index (χ2n) is 4.73. The van der Waals surface area contributed by atoms with E-state index in [0.717, 1.165) is 41.7 Å². The Kier molecular flexibility index (Phi) is 10.9. The monoisotopic (exact) mass is 307 g/mol. The molecule has 0 radical (unpaired) electrons. The summed E-state index contributed by atoms with van der Waals surface area (Å²) in [6, 6.07) is 8.33. The van der Waals surface area contributed by atoms with Gasteiger partial charge in [0.15, 0.2) is 0 Å². The van der Waals surface area contributed by atoms with Gasteiger partial charge < -0.3 is 18.6 Å². The van der Waals surface area contributed by atoms with E-state index in [2.05, 4.69) is 17.2 Å². The summed E-state index contributed by atoms with van der Waals surface area (Å²) in [6.07, 6.45) is 3.87. The number of ether oxygens (including phenoxy) is 1. The molecule has 1 aromatic carbocycles. The predicted octanol–water partition coefficient (Wildman–Crippen LogP) is -2.98. The Labute approximate surface area is 173 Å². The normalized spacial score (nSPS) is 11.2. The van der Waals surface area contributed by atoms with Crippen molar-refractivity contribution in [2.24, 2.45) is 5.73 Å². The molecule has 0 saturated heterocycles. The fourth-order valence-electron chi connectivity index (χ4n) is 2.15. The molecule has 1 heterocycles. The number of nitrogens with two attached hydrogens (primary N) is 1. The van der Waals surface area contributed by atoms with Gasteiger partial charge in [-0.15, -0.1) is 0 Å². The smallest absolute Gasteiger partial charge is 1.00 e. The molecule has 0 saturated carbocycles. The standard InChI is InChI=1S/C15H21N3O.2Na.2H/c1-11(5-3-7-16)18-14-10-13(19-2)9-12-6-4-8-17-15(12)14;;;;/h4,6,8-11,18H,3,5,7,16H2,1-2H3;;;;/q;2*+1;2*-1. The molecule has 2 aromatic rings. The molecule has 4 nitrogen and oxygen atoms in total. The second-order valence-corrected chi connectivity index (χ2v) is 4.73. The maximum atomic E-state index is 5.55. The van der Waals surface area contributed by atoms with Crippen molar-refractivity contribution >= 4 is 16.6 Å². The topological polar surface area (TPSA) is 60.2 Å². The van der Waals surface area contributed by atoms with Crippen LogP contribution in [0.5, 0.6) is 5.75 Å². The fourth-order valence-corrected chi connectivity index (χ4v) is 2.15. The van der Waals surface area contributed by atoms with Crippen LogP contribution in [0.4, 0.5) is 5.69 Å². The van der Waals surface area contributed by atoms with Gasteiger partial charge in [-0.05, 0) is 38.4 Å². The van der Waals surface area contributed by atoms with Gasteiger partial charge in [-0.1, -0.05) is 6.07 Å². The largest absolute Gasteiger partial charge is 1.00 e. The molecular weight excluding hydrogens is 284 g/mol. The molecule has 0 aliphatic rings. The van der Waals surface area contributed by atoms with Crippen LogP contribution in [0, 0.1) is 0 Å². The van der Waals surface area contributed by atoms with E-state index in [4.69, 9.17) is 10.5 Å². The summed E-state index contributed by atoms with van der Waals surface area (Å²) in [5.41, 5.74) is 7.53. The van der Waals surface area contributed by atoms with Gasteiger partial charge in [0, 0.05) is 23.7 Å². The summed E-state index contributed by atoms with van der Waals surface area (Å²) in [5, 5.41) is 4.58. The molecule has 0 amide bonds. The van der Waals surface area contributed by atoms with E-state index in [1.54, 1.807) is 7.11 Å². The quantitative estimate of drug-likeness (QED) is 0.559. The third-order valence-electron chi connectivity index (χ3n) is 3.16. The maximum absolute atomic E-state index is 5.55. The first kappa shape index (κ1) is 21.2. The summed E-state index contributed by atoms with van der Waals surface area (Å²) < 4.78 is 5.34. The van der Waals surface area contributed by atoms with Gasteiger partial charge in [0.25, 0.3) is 0 Å². The first-order chi connectivity index (χ1) is 9.24. The van der Waals surface area contributed by atoms with E-state index < -0.39 is 0 Å². The predicted molar refractivity (Wildman–Crippen MR) is 81.9 cm³/mol. The van der Waals surface area contributed by atoms with Crippen LogP contribution in [0.3, 0.4) is 0 Å². The summed E-state index contributed by atoms with van der Waals surface area (Å²) >= 11 is 0. The molecule has 0 aliphatic heterocycles. The Morgan fingerprint density at radius 3 is 2.81 bits per heavy atom. The number of benzene rings is 1. The first-order valence-corrected chi connectivity index (χ1v) is 6.64. The van der Waals surface area contributed by atoms with Gasteiger partial charge in [0.05, 0.1) is 18.3 Å². The molecule has 6 heteroatoms. The Morgan fingerprint density at radius 1 is 1.38 bits per heavy atom. The zero-order valence-corrected chi connectivity index (χ0v) is 17.5. The van der Waals surface area contributed by atoms with E-state index in [9.17, 15) is 0 Å². The Bertz CT molecular complexity index is 561. The minimum Gasteiger partial charge on any atom is -1.00 e. The number of aromatic nitrogens is 1. The van der Waals surface area contributed by atoms with Crippen LogP contribution in [0.2, 0.25) is 0 Å². The number of anilines is 1. The van der Waals surface area contributed by atoms with E-state index in [-0.39, 0.29) is 62.0 Å².